The van der Waals surface area contributed by atoms with Crippen LogP contribution in [0.3, 0.4) is 0 Å². The molecule has 0 heterocycles. The smallest absolute Gasteiger partial charge is 0.193 e. The molecule has 1 aromatic rings. The molecule has 1 aromatic carbocycles. The van der Waals surface area contributed by atoms with Crippen molar-refractivity contribution in [2.75, 3.05) is 27.2 Å². The molecule has 0 aliphatic rings. The topological polar surface area (TPSA) is 47.9 Å². The number of nitrogens with one attached hydrogen (secondary N) is 1. The lowest BCUT2D eigenvalue weighted by Crippen LogP contribution is -2.39. The highest BCUT2D eigenvalue weighted by Gasteiger charge is 2.09. The summed E-state index contributed by atoms with van der Waals surface area (Å²) in [6.07, 6.45) is 3.12. The van der Waals surface area contributed by atoms with Crippen LogP contribution in [0.2, 0.25) is 0 Å². The molecule has 0 amide bonds. The van der Waals surface area contributed by atoms with Gasteiger partial charge in [0.25, 0.3) is 0 Å². The summed E-state index contributed by atoms with van der Waals surface area (Å²) in [6, 6.07) is 10.3. The Morgan fingerprint density at radius 3 is 2.45 bits per heavy atom. The van der Waals surface area contributed by atoms with Gasteiger partial charge < -0.3 is 15.3 Å². The molecule has 1 rings (SSSR count). The summed E-state index contributed by atoms with van der Waals surface area (Å²) in [4.78, 5) is 6.66. The summed E-state index contributed by atoms with van der Waals surface area (Å²) in [6.45, 7) is 3.98. The zero-order valence-electron chi connectivity index (χ0n) is 14.0. The van der Waals surface area contributed by atoms with Crippen LogP contribution in [0.25, 0.3) is 0 Å². The van der Waals surface area contributed by atoms with E-state index < -0.39 is 0 Å². The number of guanidine groups is 1. The summed E-state index contributed by atoms with van der Waals surface area (Å²) >= 11 is 0. The van der Waals surface area contributed by atoms with E-state index in [-0.39, 0.29) is 30.6 Å². The second kappa shape index (κ2) is 12.7. The molecule has 0 saturated carbocycles. The van der Waals surface area contributed by atoms with Gasteiger partial charge in [-0.2, -0.15) is 0 Å². The first kappa shape index (κ1) is 21.2. The van der Waals surface area contributed by atoms with Crippen molar-refractivity contribution in [3.8, 4) is 0 Å². The third-order valence-corrected chi connectivity index (χ3v) is 3.46. The molecule has 4 nitrogen and oxygen atoms in total. The molecule has 0 aliphatic carbocycles. The van der Waals surface area contributed by atoms with Crippen LogP contribution in [0.15, 0.2) is 35.3 Å². The van der Waals surface area contributed by atoms with E-state index in [2.05, 4.69) is 29.4 Å². The molecule has 22 heavy (non-hydrogen) atoms. The largest absolute Gasteiger partial charge is 0.396 e. The monoisotopic (exact) mass is 419 g/mol. The van der Waals surface area contributed by atoms with Gasteiger partial charge in [-0.05, 0) is 24.3 Å². The molecule has 5 heteroatoms. The SMILES string of the molecule is CCCC(CCO)CNC(=NCc1ccccc1)N(C)C.I. The van der Waals surface area contributed by atoms with Gasteiger partial charge in [0.2, 0.25) is 0 Å². The predicted molar refractivity (Wildman–Crippen MR) is 105 cm³/mol. The van der Waals surface area contributed by atoms with Crippen molar-refractivity contribution in [1.29, 1.82) is 0 Å². The molecule has 0 fully saturated rings. The second-order valence-corrected chi connectivity index (χ2v) is 5.57. The quantitative estimate of drug-likeness (QED) is 0.387. The van der Waals surface area contributed by atoms with Crippen molar-refractivity contribution < 1.29 is 5.11 Å². The minimum absolute atomic E-state index is 0. The summed E-state index contributed by atoms with van der Waals surface area (Å²) in [5.41, 5.74) is 1.21. The minimum Gasteiger partial charge on any atom is -0.396 e. The maximum atomic E-state index is 9.12. The van der Waals surface area contributed by atoms with Crippen LogP contribution in [0.5, 0.6) is 0 Å². The molecule has 0 aliphatic heterocycles. The number of hydrogen-bond donors (Lipinski definition) is 2. The van der Waals surface area contributed by atoms with E-state index in [4.69, 9.17) is 5.11 Å². The molecule has 0 aromatic heterocycles. The van der Waals surface area contributed by atoms with Crippen LogP contribution in [0.1, 0.15) is 31.7 Å². The second-order valence-electron chi connectivity index (χ2n) is 5.57. The van der Waals surface area contributed by atoms with E-state index in [1.54, 1.807) is 0 Å². The highest BCUT2D eigenvalue weighted by atomic mass is 127. The van der Waals surface area contributed by atoms with Gasteiger partial charge in [0, 0.05) is 27.2 Å². The standard InChI is InChI=1S/C17H29N3O.HI/c1-4-8-15(11-12-21)13-18-17(20(2)3)19-14-16-9-6-5-7-10-16;/h5-7,9-10,15,21H,4,8,11-14H2,1-3H3,(H,18,19);1H. The molecule has 0 spiro atoms. The Kier molecular flexibility index (Phi) is 12.2. The van der Waals surface area contributed by atoms with Gasteiger partial charge in [0.15, 0.2) is 5.96 Å². The van der Waals surface area contributed by atoms with E-state index in [9.17, 15) is 0 Å². The Labute approximate surface area is 152 Å². The Morgan fingerprint density at radius 1 is 1.23 bits per heavy atom. The Bertz CT molecular complexity index is 404. The molecule has 0 bridgehead atoms. The fourth-order valence-corrected chi connectivity index (χ4v) is 2.28. The van der Waals surface area contributed by atoms with Crippen LogP contribution in [0, 0.1) is 5.92 Å². The first-order valence-corrected chi connectivity index (χ1v) is 7.77. The van der Waals surface area contributed by atoms with Crippen molar-refractivity contribution in [1.82, 2.24) is 10.2 Å². The van der Waals surface area contributed by atoms with Crippen molar-refractivity contribution in [3.05, 3.63) is 35.9 Å². The van der Waals surface area contributed by atoms with E-state index in [1.165, 1.54) is 5.56 Å². The molecule has 0 saturated heterocycles. The maximum Gasteiger partial charge on any atom is 0.193 e. The van der Waals surface area contributed by atoms with E-state index >= 15 is 0 Å². The zero-order valence-corrected chi connectivity index (χ0v) is 16.3. The number of rotatable bonds is 8. The van der Waals surface area contributed by atoms with Gasteiger partial charge in [0.1, 0.15) is 0 Å². The fraction of sp³-hybridized carbons (Fsp3) is 0.588. The average molecular weight is 419 g/mol. The number of aliphatic imine (C=N–C) groups is 1. The van der Waals surface area contributed by atoms with Crippen LogP contribution in [0.4, 0.5) is 0 Å². The van der Waals surface area contributed by atoms with Crippen molar-refractivity contribution in [3.63, 3.8) is 0 Å². The molecule has 1 atom stereocenters. The highest BCUT2D eigenvalue weighted by Crippen LogP contribution is 2.09. The minimum atomic E-state index is 0. The number of halogens is 1. The van der Waals surface area contributed by atoms with Crippen molar-refractivity contribution >= 4 is 29.9 Å². The summed E-state index contributed by atoms with van der Waals surface area (Å²) in [5, 5.41) is 12.5. The first-order chi connectivity index (χ1) is 10.2. The number of hydrogen-bond acceptors (Lipinski definition) is 2. The number of nitrogens with zero attached hydrogens (tertiary/aromatic N) is 2. The van der Waals surface area contributed by atoms with Gasteiger partial charge in [-0.1, -0.05) is 43.7 Å². The highest BCUT2D eigenvalue weighted by molar-refractivity contribution is 14.0. The van der Waals surface area contributed by atoms with Crippen LogP contribution in [-0.4, -0.2) is 43.2 Å². The summed E-state index contributed by atoms with van der Waals surface area (Å²) < 4.78 is 0. The summed E-state index contributed by atoms with van der Waals surface area (Å²) in [7, 11) is 4.00. The molecular weight excluding hydrogens is 389 g/mol. The lowest BCUT2D eigenvalue weighted by Gasteiger charge is -2.21. The molecule has 1 unspecified atom stereocenters. The first-order valence-electron chi connectivity index (χ1n) is 7.77. The van der Waals surface area contributed by atoms with Crippen LogP contribution >= 0.6 is 24.0 Å². The number of aliphatic hydroxyl groups excluding tert-OH is 1. The van der Waals surface area contributed by atoms with Gasteiger partial charge in [0.05, 0.1) is 6.54 Å². The summed E-state index contributed by atoms with van der Waals surface area (Å²) in [5.74, 6) is 1.40. The fourth-order valence-electron chi connectivity index (χ4n) is 2.28. The molecule has 0 radical (unpaired) electrons. The maximum absolute atomic E-state index is 9.12. The Balaban J connectivity index is 0.00000441. The Hall–Kier alpha value is -0.820. The third-order valence-electron chi connectivity index (χ3n) is 3.46. The van der Waals surface area contributed by atoms with Crippen molar-refractivity contribution in [2.45, 2.75) is 32.7 Å². The molecule has 126 valence electrons. The van der Waals surface area contributed by atoms with E-state index in [1.807, 2.05) is 37.2 Å². The van der Waals surface area contributed by atoms with E-state index in [0.29, 0.717) is 12.5 Å². The van der Waals surface area contributed by atoms with Gasteiger partial charge >= 0.3 is 0 Å². The zero-order chi connectivity index (χ0) is 15.5. The van der Waals surface area contributed by atoms with Crippen molar-refractivity contribution in [2.24, 2.45) is 10.9 Å². The van der Waals surface area contributed by atoms with Gasteiger partial charge in [-0.15, -0.1) is 24.0 Å². The molecule has 2 N–H and O–H groups in total. The lowest BCUT2D eigenvalue weighted by atomic mass is 10.0. The average Bonchev–Trinajstić information content (AvgIpc) is 2.48. The normalized spacial score (nSPS) is 12.5. The Morgan fingerprint density at radius 2 is 1.91 bits per heavy atom. The van der Waals surface area contributed by atoms with Gasteiger partial charge in [-0.25, -0.2) is 4.99 Å². The van der Waals surface area contributed by atoms with Gasteiger partial charge in [-0.3, -0.25) is 0 Å². The number of aliphatic hydroxyl groups is 1. The van der Waals surface area contributed by atoms with E-state index in [0.717, 1.165) is 31.8 Å². The number of benzene rings is 1. The molecular formula is C17H30IN3O. The lowest BCUT2D eigenvalue weighted by molar-refractivity contribution is 0.250. The van der Waals surface area contributed by atoms with Crippen LogP contribution in [-0.2, 0) is 6.54 Å². The predicted octanol–water partition coefficient (Wildman–Crippen LogP) is 3.11. The van der Waals surface area contributed by atoms with Crippen LogP contribution < -0.4 is 5.32 Å². The third kappa shape index (κ3) is 8.58.